The van der Waals surface area contributed by atoms with Gasteiger partial charge in [-0.15, -0.1) is 0 Å². The van der Waals surface area contributed by atoms with E-state index in [1.165, 1.54) is 12.1 Å². The summed E-state index contributed by atoms with van der Waals surface area (Å²) in [7, 11) is 3.14. The van der Waals surface area contributed by atoms with Gasteiger partial charge < -0.3 is 19.5 Å². The van der Waals surface area contributed by atoms with E-state index in [9.17, 15) is 9.18 Å². The van der Waals surface area contributed by atoms with E-state index in [1.807, 2.05) is 19.9 Å². The number of hydrogen-bond acceptors (Lipinski definition) is 4. The number of amides is 1. The number of ether oxygens (including phenoxy) is 3. The van der Waals surface area contributed by atoms with Crippen molar-refractivity contribution in [3.05, 3.63) is 53.8 Å². The van der Waals surface area contributed by atoms with Gasteiger partial charge in [0.1, 0.15) is 11.5 Å². The fourth-order valence-electron chi connectivity index (χ4n) is 2.58. The van der Waals surface area contributed by atoms with Crippen LogP contribution in [0.4, 0.5) is 4.39 Å². The van der Waals surface area contributed by atoms with Gasteiger partial charge in [-0.2, -0.15) is 0 Å². The second kappa shape index (κ2) is 9.08. The maximum absolute atomic E-state index is 13.8. The van der Waals surface area contributed by atoms with E-state index in [2.05, 4.69) is 5.32 Å². The van der Waals surface area contributed by atoms with E-state index in [0.717, 1.165) is 5.56 Å². The van der Waals surface area contributed by atoms with Crippen molar-refractivity contribution in [3.63, 3.8) is 0 Å². The molecule has 0 saturated heterocycles. The number of benzene rings is 2. The molecule has 2 aromatic rings. The minimum absolute atomic E-state index is 0.0566. The lowest BCUT2D eigenvalue weighted by Crippen LogP contribution is -2.39. The average molecular weight is 361 g/mol. The number of rotatable bonds is 8. The van der Waals surface area contributed by atoms with Crippen molar-refractivity contribution in [2.75, 3.05) is 14.2 Å². The van der Waals surface area contributed by atoms with Gasteiger partial charge in [0, 0.05) is 5.56 Å². The van der Waals surface area contributed by atoms with Crippen molar-refractivity contribution in [2.24, 2.45) is 0 Å². The van der Waals surface area contributed by atoms with Crippen LogP contribution in [0.15, 0.2) is 42.5 Å². The SMILES string of the molecule is CCC(Oc1ccccc1F)C(=O)NC(C)c1cc(OC)ccc1OC. The molecule has 0 aliphatic rings. The number of nitrogens with one attached hydrogen (secondary N) is 1. The zero-order chi connectivity index (χ0) is 19.1. The molecule has 0 radical (unpaired) electrons. The zero-order valence-corrected chi connectivity index (χ0v) is 15.4. The Balaban J connectivity index is 2.13. The molecule has 5 nitrogen and oxygen atoms in total. The lowest BCUT2D eigenvalue weighted by molar-refractivity contribution is -0.128. The zero-order valence-electron chi connectivity index (χ0n) is 15.4. The molecule has 0 spiro atoms. The van der Waals surface area contributed by atoms with Crippen molar-refractivity contribution in [1.82, 2.24) is 5.32 Å². The lowest BCUT2D eigenvalue weighted by atomic mass is 10.1. The molecule has 0 aliphatic carbocycles. The summed E-state index contributed by atoms with van der Waals surface area (Å²) in [6.45, 7) is 3.65. The molecule has 0 saturated carbocycles. The van der Waals surface area contributed by atoms with Crippen molar-refractivity contribution in [1.29, 1.82) is 0 Å². The second-order valence-corrected chi connectivity index (χ2v) is 5.78. The molecule has 2 aromatic carbocycles. The van der Waals surface area contributed by atoms with Crippen molar-refractivity contribution < 1.29 is 23.4 Å². The van der Waals surface area contributed by atoms with Crippen LogP contribution in [0.2, 0.25) is 0 Å². The summed E-state index contributed by atoms with van der Waals surface area (Å²) in [4.78, 5) is 12.6. The van der Waals surface area contributed by atoms with Crippen LogP contribution in [0, 0.1) is 5.82 Å². The summed E-state index contributed by atoms with van der Waals surface area (Å²) in [5.41, 5.74) is 0.779. The third-order valence-electron chi connectivity index (χ3n) is 4.03. The summed E-state index contributed by atoms with van der Waals surface area (Å²) in [5, 5.41) is 2.89. The highest BCUT2D eigenvalue weighted by molar-refractivity contribution is 5.81. The molecule has 1 amide bonds. The van der Waals surface area contributed by atoms with Gasteiger partial charge in [-0.1, -0.05) is 19.1 Å². The normalized spacial score (nSPS) is 12.8. The molecule has 0 aromatic heterocycles. The van der Waals surface area contributed by atoms with Crippen LogP contribution >= 0.6 is 0 Å². The highest BCUT2D eigenvalue weighted by Gasteiger charge is 2.23. The predicted octanol–water partition coefficient (Wildman–Crippen LogP) is 3.88. The Morgan fingerprint density at radius 1 is 1.12 bits per heavy atom. The highest BCUT2D eigenvalue weighted by atomic mass is 19.1. The van der Waals surface area contributed by atoms with Crippen LogP contribution < -0.4 is 19.5 Å². The first-order valence-corrected chi connectivity index (χ1v) is 8.43. The molecule has 0 bridgehead atoms. The van der Waals surface area contributed by atoms with E-state index in [-0.39, 0.29) is 17.7 Å². The molecule has 6 heteroatoms. The third kappa shape index (κ3) is 4.65. The van der Waals surface area contributed by atoms with Crippen molar-refractivity contribution in [3.8, 4) is 17.2 Å². The Kier molecular flexibility index (Phi) is 6.83. The van der Waals surface area contributed by atoms with E-state index in [4.69, 9.17) is 14.2 Å². The highest BCUT2D eigenvalue weighted by Crippen LogP contribution is 2.29. The first-order chi connectivity index (χ1) is 12.5. The summed E-state index contributed by atoms with van der Waals surface area (Å²) in [5.74, 6) is 0.536. The van der Waals surface area contributed by atoms with Gasteiger partial charge in [0.15, 0.2) is 17.7 Å². The monoisotopic (exact) mass is 361 g/mol. The Morgan fingerprint density at radius 3 is 2.46 bits per heavy atom. The van der Waals surface area contributed by atoms with Gasteiger partial charge in [-0.25, -0.2) is 4.39 Å². The standard InChI is InChI=1S/C20H24FNO4/c1-5-17(26-19-9-7-6-8-16(19)21)20(23)22-13(2)15-12-14(24-3)10-11-18(15)25-4/h6-13,17H,5H2,1-4H3,(H,22,23). The summed E-state index contributed by atoms with van der Waals surface area (Å²) in [6, 6.07) is 11.1. The van der Waals surface area contributed by atoms with Crippen LogP contribution in [0.3, 0.4) is 0 Å². The molecule has 140 valence electrons. The van der Waals surface area contributed by atoms with E-state index in [0.29, 0.717) is 17.9 Å². The lowest BCUT2D eigenvalue weighted by Gasteiger charge is -2.22. The fourth-order valence-corrected chi connectivity index (χ4v) is 2.58. The topological polar surface area (TPSA) is 56.8 Å². The first-order valence-electron chi connectivity index (χ1n) is 8.43. The molecule has 2 unspecified atom stereocenters. The predicted molar refractivity (Wildman–Crippen MR) is 97.2 cm³/mol. The molecule has 0 heterocycles. The third-order valence-corrected chi connectivity index (χ3v) is 4.03. The molecular formula is C20H24FNO4. The smallest absolute Gasteiger partial charge is 0.261 e. The number of carbonyl (C=O) groups is 1. The maximum Gasteiger partial charge on any atom is 0.261 e. The largest absolute Gasteiger partial charge is 0.497 e. The van der Waals surface area contributed by atoms with Crippen LogP contribution in [-0.4, -0.2) is 26.2 Å². The Morgan fingerprint density at radius 2 is 1.85 bits per heavy atom. The summed E-state index contributed by atoms with van der Waals surface area (Å²) in [6.07, 6.45) is -0.395. The molecule has 0 aliphatic heterocycles. The van der Waals surface area contributed by atoms with Gasteiger partial charge in [0.2, 0.25) is 0 Å². The van der Waals surface area contributed by atoms with Gasteiger partial charge >= 0.3 is 0 Å². The number of para-hydroxylation sites is 1. The van der Waals surface area contributed by atoms with Gasteiger partial charge in [-0.05, 0) is 43.7 Å². The Bertz CT molecular complexity index is 750. The number of halogens is 1. The molecule has 0 fully saturated rings. The maximum atomic E-state index is 13.8. The van der Waals surface area contributed by atoms with Crippen LogP contribution in [0.25, 0.3) is 0 Å². The summed E-state index contributed by atoms with van der Waals surface area (Å²) >= 11 is 0. The average Bonchev–Trinajstić information content (AvgIpc) is 2.66. The van der Waals surface area contributed by atoms with E-state index in [1.54, 1.807) is 38.5 Å². The van der Waals surface area contributed by atoms with Gasteiger partial charge in [0.05, 0.1) is 20.3 Å². The number of methoxy groups -OCH3 is 2. The first kappa shape index (κ1) is 19.6. The van der Waals surface area contributed by atoms with E-state index >= 15 is 0 Å². The van der Waals surface area contributed by atoms with Crippen molar-refractivity contribution in [2.45, 2.75) is 32.4 Å². The number of carbonyl (C=O) groups excluding carboxylic acids is 1. The van der Waals surface area contributed by atoms with Crippen LogP contribution in [0.1, 0.15) is 31.9 Å². The van der Waals surface area contributed by atoms with E-state index < -0.39 is 11.9 Å². The molecule has 2 atom stereocenters. The Labute approximate surface area is 153 Å². The van der Waals surface area contributed by atoms with Gasteiger partial charge in [-0.3, -0.25) is 4.79 Å². The fraction of sp³-hybridized carbons (Fsp3) is 0.350. The number of hydrogen-bond donors (Lipinski definition) is 1. The molecule has 1 N–H and O–H groups in total. The minimum atomic E-state index is -0.800. The van der Waals surface area contributed by atoms with Crippen LogP contribution in [0.5, 0.6) is 17.2 Å². The molecular weight excluding hydrogens is 337 g/mol. The minimum Gasteiger partial charge on any atom is -0.497 e. The van der Waals surface area contributed by atoms with Crippen LogP contribution in [-0.2, 0) is 4.79 Å². The van der Waals surface area contributed by atoms with Gasteiger partial charge in [0.25, 0.3) is 5.91 Å². The molecule has 2 rings (SSSR count). The Hall–Kier alpha value is -2.76. The van der Waals surface area contributed by atoms with Crippen molar-refractivity contribution >= 4 is 5.91 Å². The summed E-state index contributed by atoms with van der Waals surface area (Å²) < 4.78 is 29.9. The molecule has 26 heavy (non-hydrogen) atoms. The quantitative estimate of drug-likeness (QED) is 0.775. The second-order valence-electron chi connectivity index (χ2n) is 5.78.